The SMILES string of the molecule is CCOC(C)c1ccc2[nH]c3cnc(OC(=O)O)c(CC)c3c2c1. The quantitative estimate of drug-likeness (QED) is 0.677. The average Bonchev–Trinajstić information content (AvgIpc) is 2.92. The molecule has 126 valence electrons. The molecule has 0 aliphatic carbocycles. The summed E-state index contributed by atoms with van der Waals surface area (Å²) in [7, 11) is 0. The van der Waals surface area contributed by atoms with Gasteiger partial charge in [0.15, 0.2) is 0 Å². The zero-order valence-corrected chi connectivity index (χ0v) is 13.9. The van der Waals surface area contributed by atoms with E-state index in [4.69, 9.17) is 14.6 Å². The maximum Gasteiger partial charge on any atom is 0.512 e. The van der Waals surface area contributed by atoms with Gasteiger partial charge in [0, 0.05) is 28.5 Å². The molecular formula is C18H20N2O4. The first kappa shape index (κ1) is 16.3. The lowest BCUT2D eigenvalue weighted by atomic mass is 10.0. The predicted octanol–water partition coefficient (Wildman–Crippen LogP) is 4.43. The van der Waals surface area contributed by atoms with Crippen molar-refractivity contribution in [3.63, 3.8) is 0 Å². The zero-order chi connectivity index (χ0) is 17.3. The first-order valence-corrected chi connectivity index (χ1v) is 8.00. The second kappa shape index (κ2) is 6.49. The fourth-order valence-electron chi connectivity index (χ4n) is 3.06. The van der Waals surface area contributed by atoms with E-state index in [1.165, 1.54) is 0 Å². The number of nitrogens with one attached hydrogen (secondary N) is 1. The van der Waals surface area contributed by atoms with Gasteiger partial charge >= 0.3 is 6.16 Å². The van der Waals surface area contributed by atoms with Crippen molar-refractivity contribution in [3.8, 4) is 5.88 Å². The van der Waals surface area contributed by atoms with Crippen LogP contribution in [0.2, 0.25) is 0 Å². The molecule has 0 radical (unpaired) electrons. The van der Waals surface area contributed by atoms with Crippen LogP contribution in [0.1, 0.15) is 38.0 Å². The molecule has 1 atom stereocenters. The van der Waals surface area contributed by atoms with Crippen LogP contribution in [0.3, 0.4) is 0 Å². The molecule has 2 aromatic heterocycles. The van der Waals surface area contributed by atoms with E-state index in [0.29, 0.717) is 13.0 Å². The number of aromatic amines is 1. The van der Waals surface area contributed by atoms with Crippen LogP contribution in [0.4, 0.5) is 4.79 Å². The Morgan fingerprint density at radius 3 is 2.79 bits per heavy atom. The first-order chi connectivity index (χ1) is 11.5. The highest BCUT2D eigenvalue weighted by atomic mass is 16.7. The summed E-state index contributed by atoms with van der Waals surface area (Å²) in [6, 6.07) is 6.13. The van der Waals surface area contributed by atoms with Crippen molar-refractivity contribution in [2.45, 2.75) is 33.3 Å². The van der Waals surface area contributed by atoms with Gasteiger partial charge in [0.25, 0.3) is 0 Å². The monoisotopic (exact) mass is 328 g/mol. The summed E-state index contributed by atoms with van der Waals surface area (Å²) in [4.78, 5) is 18.4. The molecule has 3 aromatic rings. The van der Waals surface area contributed by atoms with Crippen LogP contribution in [0, 0.1) is 0 Å². The van der Waals surface area contributed by atoms with Crippen molar-refractivity contribution in [3.05, 3.63) is 35.5 Å². The molecule has 1 unspecified atom stereocenters. The number of hydrogen-bond acceptors (Lipinski definition) is 4. The Kier molecular flexibility index (Phi) is 4.40. The minimum absolute atomic E-state index is 0.00833. The smallest absolute Gasteiger partial charge is 0.449 e. The van der Waals surface area contributed by atoms with Gasteiger partial charge in [-0.25, -0.2) is 9.78 Å². The van der Waals surface area contributed by atoms with Gasteiger partial charge in [-0.05, 0) is 38.0 Å². The van der Waals surface area contributed by atoms with Gasteiger partial charge in [-0.15, -0.1) is 0 Å². The van der Waals surface area contributed by atoms with Crippen molar-refractivity contribution in [2.75, 3.05) is 6.61 Å². The Balaban J connectivity index is 2.24. The minimum Gasteiger partial charge on any atom is -0.449 e. The second-order valence-electron chi connectivity index (χ2n) is 5.58. The molecule has 0 spiro atoms. The van der Waals surface area contributed by atoms with Crippen molar-refractivity contribution < 1.29 is 19.4 Å². The maximum absolute atomic E-state index is 10.9. The molecule has 24 heavy (non-hydrogen) atoms. The summed E-state index contributed by atoms with van der Waals surface area (Å²) >= 11 is 0. The molecule has 3 rings (SSSR count). The van der Waals surface area contributed by atoms with E-state index in [0.717, 1.165) is 32.9 Å². The molecule has 0 amide bonds. The summed E-state index contributed by atoms with van der Waals surface area (Å²) < 4.78 is 10.5. The summed E-state index contributed by atoms with van der Waals surface area (Å²) in [5, 5.41) is 10.9. The highest BCUT2D eigenvalue weighted by molar-refractivity contribution is 6.09. The summed E-state index contributed by atoms with van der Waals surface area (Å²) in [5.74, 6) is 0.140. The molecular weight excluding hydrogens is 308 g/mol. The Morgan fingerprint density at radius 2 is 2.12 bits per heavy atom. The van der Waals surface area contributed by atoms with Crippen molar-refractivity contribution in [1.82, 2.24) is 9.97 Å². The van der Waals surface area contributed by atoms with E-state index in [2.05, 4.69) is 16.0 Å². The summed E-state index contributed by atoms with van der Waals surface area (Å²) in [6.45, 7) is 6.59. The van der Waals surface area contributed by atoms with Gasteiger partial charge in [-0.1, -0.05) is 13.0 Å². The number of H-pyrrole nitrogens is 1. The lowest BCUT2D eigenvalue weighted by Crippen LogP contribution is -2.07. The van der Waals surface area contributed by atoms with Gasteiger partial charge in [-0.3, -0.25) is 0 Å². The molecule has 0 saturated carbocycles. The molecule has 6 heteroatoms. The van der Waals surface area contributed by atoms with E-state index < -0.39 is 6.16 Å². The van der Waals surface area contributed by atoms with Crippen LogP contribution in [-0.4, -0.2) is 27.8 Å². The Hall–Kier alpha value is -2.60. The molecule has 2 heterocycles. The second-order valence-corrected chi connectivity index (χ2v) is 5.58. The van der Waals surface area contributed by atoms with Crippen LogP contribution in [0.25, 0.3) is 21.8 Å². The fourth-order valence-corrected chi connectivity index (χ4v) is 3.06. The average molecular weight is 328 g/mol. The van der Waals surface area contributed by atoms with Crippen LogP contribution in [0.15, 0.2) is 24.4 Å². The highest BCUT2D eigenvalue weighted by Crippen LogP contribution is 2.34. The third-order valence-corrected chi connectivity index (χ3v) is 4.15. The van der Waals surface area contributed by atoms with Gasteiger partial charge < -0.3 is 19.6 Å². The number of aromatic nitrogens is 2. The van der Waals surface area contributed by atoms with Crippen LogP contribution >= 0.6 is 0 Å². The normalized spacial score (nSPS) is 12.6. The zero-order valence-electron chi connectivity index (χ0n) is 13.9. The van der Waals surface area contributed by atoms with E-state index in [9.17, 15) is 4.79 Å². The fraction of sp³-hybridized carbons (Fsp3) is 0.333. The molecule has 0 aliphatic rings. The lowest BCUT2D eigenvalue weighted by molar-refractivity contribution is 0.0765. The Morgan fingerprint density at radius 1 is 1.33 bits per heavy atom. The topological polar surface area (TPSA) is 84.4 Å². The Labute approximate surface area is 139 Å². The standard InChI is InChI=1S/C18H20N2O4/c1-4-12-16-13-8-11(10(3)23-5-2)6-7-14(13)20-15(16)9-19-17(12)24-18(21)22/h6-10,20H,4-5H2,1-3H3,(H,21,22). The molecule has 2 N–H and O–H groups in total. The number of pyridine rings is 1. The number of nitrogens with zero attached hydrogens (tertiary/aromatic N) is 1. The lowest BCUT2D eigenvalue weighted by Gasteiger charge is -2.12. The van der Waals surface area contributed by atoms with Crippen molar-refractivity contribution >= 4 is 28.0 Å². The van der Waals surface area contributed by atoms with Gasteiger partial charge in [-0.2, -0.15) is 0 Å². The summed E-state index contributed by atoms with van der Waals surface area (Å²) in [6.07, 6.45) is 0.858. The minimum atomic E-state index is -1.36. The third kappa shape index (κ3) is 2.80. The third-order valence-electron chi connectivity index (χ3n) is 4.15. The van der Waals surface area contributed by atoms with E-state index in [-0.39, 0.29) is 12.0 Å². The molecule has 0 saturated heterocycles. The molecule has 1 aromatic carbocycles. The van der Waals surface area contributed by atoms with Crippen LogP contribution in [-0.2, 0) is 11.2 Å². The number of carboxylic acid groups (broad SMARTS) is 1. The number of ether oxygens (including phenoxy) is 2. The molecule has 0 fully saturated rings. The van der Waals surface area contributed by atoms with Crippen LogP contribution in [0.5, 0.6) is 5.88 Å². The number of carbonyl (C=O) groups is 1. The maximum atomic E-state index is 10.9. The number of benzene rings is 1. The largest absolute Gasteiger partial charge is 0.512 e. The number of rotatable bonds is 5. The van der Waals surface area contributed by atoms with E-state index in [1.54, 1.807) is 6.20 Å². The number of aryl methyl sites for hydroxylation is 1. The van der Waals surface area contributed by atoms with Gasteiger partial charge in [0.05, 0.1) is 17.8 Å². The first-order valence-electron chi connectivity index (χ1n) is 8.00. The summed E-state index contributed by atoms with van der Waals surface area (Å²) in [5.41, 5.74) is 3.69. The molecule has 0 aliphatic heterocycles. The van der Waals surface area contributed by atoms with Crippen molar-refractivity contribution in [1.29, 1.82) is 0 Å². The van der Waals surface area contributed by atoms with Gasteiger partial charge in [0.2, 0.25) is 5.88 Å². The predicted molar refractivity (Wildman–Crippen MR) is 91.7 cm³/mol. The van der Waals surface area contributed by atoms with E-state index >= 15 is 0 Å². The highest BCUT2D eigenvalue weighted by Gasteiger charge is 2.17. The molecule has 6 nitrogen and oxygen atoms in total. The van der Waals surface area contributed by atoms with Crippen molar-refractivity contribution in [2.24, 2.45) is 0 Å². The van der Waals surface area contributed by atoms with E-state index in [1.807, 2.05) is 32.9 Å². The Bertz CT molecular complexity index is 901. The van der Waals surface area contributed by atoms with Crippen LogP contribution < -0.4 is 4.74 Å². The molecule has 0 bridgehead atoms. The number of fused-ring (bicyclic) bond motifs is 3. The number of hydrogen-bond donors (Lipinski definition) is 2. The van der Waals surface area contributed by atoms with Gasteiger partial charge in [0.1, 0.15) is 0 Å².